The number of nitrogens with one attached hydrogen (secondary N) is 1. The van der Waals surface area contributed by atoms with Gasteiger partial charge in [-0.1, -0.05) is 42.5 Å². The molecule has 0 spiro atoms. The maximum Gasteiger partial charge on any atom is 0.269 e. The van der Waals surface area contributed by atoms with Gasteiger partial charge in [0.25, 0.3) is 11.8 Å². The lowest BCUT2D eigenvalue weighted by molar-refractivity contribution is 0.0712. The van der Waals surface area contributed by atoms with E-state index in [1.165, 1.54) is 0 Å². The number of carbonyl (C=O) groups is 2. The highest BCUT2D eigenvalue weighted by Crippen LogP contribution is 2.34. The lowest BCUT2D eigenvalue weighted by atomic mass is 10.0. The van der Waals surface area contributed by atoms with Crippen LogP contribution in [0.3, 0.4) is 0 Å². The predicted octanol–water partition coefficient (Wildman–Crippen LogP) is 3.36. The summed E-state index contributed by atoms with van der Waals surface area (Å²) in [7, 11) is 1.79. The van der Waals surface area contributed by atoms with E-state index in [4.69, 9.17) is 9.47 Å². The van der Waals surface area contributed by atoms with Gasteiger partial charge in [0.15, 0.2) is 11.5 Å². The minimum atomic E-state index is -0.231. The average molecular weight is 446 g/mol. The number of pyridine rings is 1. The van der Waals surface area contributed by atoms with Gasteiger partial charge in [0, 0.05) is 25.8 Å². The van der Waals surface area contributed by atoms with Crippen LogP contribution < -0.4 is 14.8 Å². The van der Waals surface area contributed by atoms with Crippen molar-refractivity contribution in [2.75, 3.05) is 26.8 Å². The number of benzene rings is 2. The van der Waals surface area contributed by atoms with E-state index in [1.807, 2.05) is 30.3 Å². The minimum Gasteiger partial charge on any atom is -0.486 e. The van der Waals surface area contributed by atoms with Crippen molar-refractivity contribution in [3.63, 3.8) is 0 Å². The molecule has 33 heavy (non-hydrogen) atoms. The topological polar surface area (TPSA) is 80.8 Å². The van der Waals surface area contributed by atoms with Gasteiger partial charge in [-0.2, -0.15) is 0 Å². The summed E-state index contributed by atoms with van der Waals surface area (Å²) in [6.45, 7) is 1.29. The largest absolute Gasteiger partial charge is 0.486 e. The van der Waals surface area contributed by atoms with Gasteiger partial charge in [0.05, 0.1) is 5.56 Å². The van der Waals surface area contributed by atoms with E-state index < -0.39 is 0 Å². The highest BCUT2D eigenvalue weighted by Gasteiger charge is 2.27. The van der Waals surface area contributed by atoms with Crippen LogP contribution in [-0.2, 0) is 6.42 Å². The molecule has 0 bridgehead atoms. The minimum absolute atomic E-state index is 0.135. The molecule has 1 aromatic heterocycles. The first-order valence-corrected chi connectivity index (χ1v) is 11.0. The monoisotopic (exact) mass is 445 g/mol. The fraction of sp³-hybridized carbons (Fsp3) is 0.269. The van der Waals surface area contributed by atoms with Crippen LogP contribution in [0, 0.1) is 0 Å². The van der Waals surface area contributed by atoms with Crippen molar-refractivity contribution in [3.05, 3.63) is 89.7 Å². The Hall–Kier alpha value is -3.87. The summed E-state index contributed by atoms with van der Waals surface area (Å²) in [5.41, 5.74) is 1.97. The Balaban J connectivity index is 1.49. The highest BCUT2D eigenvalue weighted by atomic mass is 16.6. The third-order valence-electron chi connectivity index (χ3n) is 5.64. The van der Waals surface area contributed by atoms with Crippen molar-refractivity contribution in [2.24, 2.45) is 0 Å². The molecule has 1 aliphatic rings. The second-order valence-corrected chi connectivity index (χ2v) is 7.85. The van der Waals surface area contributed by atoms with Crippen LogP contribution in [0.25, 0.3) is 0 Å². The summed E-state index contributed by atoms with van der Waals surface area (Å²) in [6.07, 6.45) is 2.84. The molecule has 1 N–H and O–H groups in total. The van der Waals surface area contributed by atoms with Crippen molar-refractivity contribution in [3.8, 4) is 11.5 Å². The van der Waals surface area contributed by atoms with Gasteiger partial charge < -0.3 is 19.7 Å². The average Bonchev–Trinajstić information content (AvgIpc) is 2.88. The van der Waals surface area contributed by atoms with Crippen LogP contribution >= 0.6 is 0 Å². The van der Waals surface area contributed by atoms with E-state index in [9.17, 15) is 9.59 Å². The first kappa shape index (κ1) is 22.3. The van der Waals surface area contributed by atoms with Gasteiger partial charge in [-0.3, -0.25) is 14.6 Å². The SMILES string of the molecule is CN(C(=O)c1cccc2c1OCCO2)[C@H](CCNC(=O)c1ccccn1)Cc1ccccc1. The van der Waals surface area contributed by atoms with Gasteiger partial charge in [-0.25, -0.2) is 0 Å². The molecule has 0 saturated carbocycles. The fourth-order valence-electron chi connectivity index (χ4n) is 3.86. The lowest BCUT2D eigenvalue weighted by Crippen LogP contribution is -2.41. The smallest absolute Gasteiger partial charge is 0.269 e. The third-order valence-corrected chi connectivity index (χ3v) is 5.64. The summed E-state index contributed by atoms with van der Waals surface area (Å²) >= 11 is 0. The third kappa shape index (κ3) is 5.49. The quantitative estimate of drug-likeness (QED) is 0.575. The van der Waals surface area contributed by atoms with E-state index in [0.717, 1.165) is 5.56 Å². The number of hydrogen-bond acceptors (Lipinski definition) is 5. The zero-order chi connectivity index (χ0) is 23.0. The molecule has 2 aromatic carbocycles. The number of para-hydroxylation sites is 1. The highest BCUT2D eigenvalue weighted by molar-refractivity contribution is 5.98. The fourth-order valence-corrected chi connectivity index (χ4v) is 3.86. The molecule has 2 amide bonds. The zero-order valence-corrected chi connectivity index (χ0v) is 18.6. The van der Waals surface area contributed by atoms with Gasteiger partial charge in [-0.05, 0) is 42.7 Å². The Morgan fingerprint density at radius 2 is 1.79 bits per heavy atom. The maximum absolute atomic E-state index is 13.5. The van der Waals surface area contributed by atoms with E-state index in [-0.39, 0.29) is 17.9 Å². The molecule has 170 valence electrons. The Labute approximate surface area is 193 Å². The number of nitrogens with zero attached hydrogens (tertiary/aromatic N) is 2. The normalized spacial score (nSPS) is 13.1. The van der Waals surface area contributed by atoms with E-state index >= 15 is 0 Å². The van der Waals surface area contributed by atoms with Crippen molar-refractivity contribution in [2.45, 2.75) is 18.9 Å². The summed E-state index contributed by atoms with van der Waals surface area (Å²) in [6, 6.07) is 20.5. The lowest BCUT2D eigenvalue weighted by Gasteiger charge is -2.30. The molecule has 1 aliphatic heterocycles. The molecule has 7 nitrogen and oxygen atoms in total. The molecule has 4 rings (SSSR count). The molecule has 0 unspecified atom stereocenters. The van der Waals surface area contributed by atoms with E-state index in [2.05, 4.69) is 10.3 Å². The summed E-state index contributed by atoms with van der Waals surface area (Å²) in [5, 5.41) is 2.91. The number of carbonyl (C=O) groups excluding carboxylic acids is 2. The van der Waals surface area contributed by atoms with Gasteiger partial charge in [0.2, 0.25) is 0 Å². The summed E-state index contributed by atoms with van der Waals surface area (Å²) in [4.78, 5) is 31.7. The summed E-state index contributed by atoms with van der Waals surface area (Å²) in [5.74, 6) is 0.699. The molecule has 0 saturated heterocycles. The molecule has 2 heterocycles. The van der Waals surface area contributed by atoms with Gasteiger partial charge >= 0.3 is 0 Å². The van der Waals surface area contributed by atoms with Crippen LogP contribution in [0.1, 0.15) is 32.8 Å². The molecule has 0 fully saturated rings. The van der Waals surface area contributed by atoms with Crippen molar-refractivity contribution in [1.29, 1.82) is 0 Å². The second-order valence-electron chi connectivity index (χ2n) is 7.85. The number of rotatable bonds is 8. The number of amides is 2. The second kappa shape index (κ2) is 10.6. The first-order valence-electron chi connectivity index (χ1n) is 11.0. The van der Waals surface area contributed by atoms with Gasteiger partial charge in [-0.15, -0.1) is 0 Å². The molecule has 1 atom stereocenters. The number of fused-ring (bicyclic) bond motifs is 1. The maximum atomic E-state index is 13.5. The van der Waals surface area contributed by atoms with Crippen LogP contribution in [-0.4, -0.2) is 54.5 Å². The van der Waals surface area contributed by atoms with Crippen molar-refractivity contribution >= 4 is 11.8 Å². The molecule has 7 heteroatoms. The Morgan fingerprint density at radius 3 is 2.58 bits per heavy atom. The van der Waals surface area contributed by atoms with Gasteiger partial charge in [0.1, 0.15) is 18.9 Å². The number of aromatic nitrogens is 1. The van der Waals surface area contributed by atoms with Crippen LogP contribution in [0.15, 0.2) is 72.9 Å². The number of likely N-dealkylation sites (N-methyl/N-ethyl adjacent to an activating group) is 1. The number of hydrogen-bond donors (Lipinski definition) is 1. The number of ether oxygens (including phenoxy) is 2. The molecular formula is C26H27N3O4. The zero-order valence-electron chi connectivity index (χ0n) is 18.6. The Kier molecular flexibility index (Phi) is 7.19. The van der Waals surface area contributed by atoms with E-state index in [1.54, 1.807) is 54.5 Å². The predicted molar refractivity (Wildman–Crippen MR) is 125 cm³/mol. The van der Waals surface area contributed by atoms with Crippen LogP contribution in [0.4, 0.5) is 0 Å². The molecule has 0 radical (unpaired) electrons. The molecule has 0 aliphatic carbocycles. The Morgan fingerprint density at radius 1 is 1.00 bits per heavy atom. The first-order chi connectivity index (χ1) is 16.1. The molecule has 3 aromatic rings. The molecular weight excluding hydrogens is 418 g/mol. The van der Waals surface area contributed by atoms with Crippen LogP contribution in [0.2, 0.25) is 0 Å². The van der Waals surface area contributed by atoms with Crippen molar-refractivity contribution in [1.82, 2.24) is 15.2 Å². The van der Waals surface area contributed by atoms with Crippen LogP contribution in [0.5, 0.6) is 11.5 Å². The van der Waals surface area contributed by atoms with Crippen molar-refractivity contribution < 1.29 is 19.1 Å². The summed E-state index contributed by atoms with van der Waals surface area (Å²) < 4.78 is 11.4. The van der Waals surface area contributed by atoms with E-state index in [0.29, 0.717) is 55.4 Å². The standard InChI is InChI=1S/C26H27N3O4/c1-29(26(31)21-10-7-12-23-24(21)33-17-16-32-23)20(18-19-8-3-2-4-9-19)13-15-28-25(30)22-11-5-6-14-27-22/h2-12,14,20H,13,15-18H2,1H3,(H,28,30)/t20-/m1/s1. The Bertz CT molecular complexity index is 1090.